The van der Waals surface area contributed by atoms with Crippen LogP contribution in [0.25, 0.3) is 0 Å². The van der Waals surface area contributed by atoms with E-state index in [2.05, 4.69) is 29.4 Å². The Morgan fingerprint density at radius 2 is 2.06 bits per heavy atom. The van der Waals surface area contributed by atoms with Crippen LogP contribution in [0.5, 0.6) is 0 Å². The molecule has 3 heteroatoms. The Morgan fingerprint density at radius 1 is 1.33 bits per heavy atom. The molecule has 0 amide bonds. The average Bonchev–Trinajstić information content (AvgIpc) is 2.43. The van der Waals surface area contributed by atoms with Crippen LogP contribution >= 0.6 is 15.9 Å². The minimum absolute atomic E-state index is 0.129. The fraction of sp³-hybridized carbons (Fsp3) is 0.467. The fourth-order valence-electron chi connectivity index (χ4n) is 1.56. The van der Waals surface area contributed by atoms with E-state index in [1.165, 1.54) is 0 Å². The van der Waals surface area contributed by atoms with Gasteiger partial charge in [0.05, 0.1) is 5.33 Å². The topological polar surface area (TPSA) is 18.5 Å². The van der Waals surface area contributed by atoms with Crippen molar-refractivity contribution in [2.24, 2.45) is 0 Å². The van der Waals surface area contributed by atoms with Crippen LogP contribution in [0, 0.1) is 0 Å². The van der Waals surface area contributed by atoms with Gasteiger partial charge >= 0.3 is 0 Å². The van der Waals surface area contributed by atoms with Crippen LogP contribution in [0.4, 0.5) is 0 Å². The molecule has 0 N–H and O–H groups in total. The summed E-state index contributed by atoms with van der Waals surface area (Å²) in [6, 6.07) is 10.0. The molecule has 2 unspecified atom stereocenters. The summed E-state index contributed by atoms with van der Waals surface area (Å²) in [6.07, 6.45) is 3.61. The third kappa shape index (κ3) is 5.34. The lowest BCUT2D eigenvalue weighted by atomic mass is 10.1. The highest BCUT2D eigenvalue weighted by Gasteiger charge is 2.15. The van der Waals surface area contributed by atoms with E-state index in [9.17, 15) is 0 Å². The number of ether oxygens (including phenoxy) is 2. The Hall–Kier alpha value is -0.640. The first-order valence-corrected chi connectivity index (χ1v) is 7.44. The van der Waals surface area contributed by atoms with Crippen molar-refractivity contribution in [2.75, 3.05) is 11.9 Å². The summed E-state index contributed by atoms with van der Waals surface area (Å²) >= 11 is 3.41. The SMILES string of the molecule is C=CC(OC(CBr)OCCCC)c1ccccc1. The number of halogens is 1. The van der Waals surface area contributed by atoms with Crippen molar-refractivity contribution in [1.82, 2.24) is 0 Å². The van der Waals surface area contributed by atoms with Gasteiger partial charge in [-0.05, 0) is 12.0 Å². The van der Waals surface area contributed by atoms with E-state index >= 15 is 0 Å². The third-order valence-corrected chi connectivity index (χ3v) is 3.10. The van der Waals surface area contributed by atoms with Crippen molar-refractivity contribution in [2.45, 2.75) is 32.2 Å². The van der Waals surface area contributed by atoms with Crippen molar-refractivity contribution >= 4 is 15.9 Å². The van der Waals surface area contributed by atoms with E-state index in [1.54, 1.807) is 6.08 Å². The molecule has 2 nitrogen and oxygen atoms in total. The van der Waals surface area contributed by atoms with Gasteiger partial charge in [-0.1, -0.05) is 65.7 Å². The van der Waals surface area contributed by atoms with Crippen molar-refractivity contribution in [3.63, 3.8) is 0 Å². The van der Waals surface area contributed by atoms with Crippen LogP contribution < -0.4 is 0 Å². The van der Waals surface area contributed by atoms with Crippen molar-refractivity contribution in [3.05, 3.63) is 48.6 Å². The molecule has 100 valence electrons. The predicted octanol–water partition coefficient (Wildman–Crippen LogP) is 4.47. The highest BCUT2D eigenvalue weighted by Crippen LogP contribution is 2.21. The van der Waals surface area contributed by atoms with E-state index in [0.717, 1.165) is 25.0 Å². The first-order valence-electron chi connectivity index (χ1n) is 6.32. The second kappa shape index (κ2) is 9.31. The number of unbranched alkanes of at least 4 members (excludes halogenated alkanes) is 1. The maximum absolute atomic E-state index is 5.89. The second-order valence-corrected chi connectivity index (χ2v) is 4.66. The Labute approximate surface area is 118 Å². The van der Waals surface area contributed by atoms with Gasteiger partial charge in [0.25, 0.3) is 0 Å². The molecule has 0 saturated heterocycles. The van der Waals surface area contributed by atoms with Crippen molar-refractivity contribution < 1.29 is 9.47 Å². The van der Waals surface area contributed by atoms with Gasteiger partial charge in [-0.15, -0.1) is 6.58 Å². The summed E-state index contributed by atoms with van der Waals surface area (Å²) in [5.41, 5.74) is 1.09. The molecule has 0 saturated carbocycles. The quantitative estimate of drug-likeness (QED) is 0.290. The first kappa shape index (κ1) is 15.4. The van der Waals surface area contributed by atoms with Gasteiger partial charge < -0.3 is 9.47 Å². The smallest absolute Gasteiger partial charge is 0.168 e. The molecule has 0 radical (unpaired) electrons. The number of alkyl halides is 1. The van der Waals surface area contributed by atoms with E-state index in [0.29, 0.717) is 5.33 Å². The van der Waals surface area contributed by atoms with Gasteiger partial charge in [-0.3, -0.25) is 0 Å². The maximum Gasteiger partial charge on any atom is 0.168 e. The molecule has 0 aliphatic heterocycles. The molecular weight excluding hydrogens is 292 g/mol. The lowest BCUT2D eigenvalue weighted by Gasteiger charge is -2.22. The molecule has 1 aromatic rings. The van der Waals surface area contributed by atoms with Crippen LogP contribution in [0.1, 0.15) is 31.4 Å². The molecule has 0 spiro atoms. The van der Waals surface area contributed by atoms with E-state index in [1.807, 2.05) is 30.3 Å². The van der Waals surface area contributed by atoms with Crippen LogP contribution in [-0.2, 0) is 9.47 Å². The van der Waals surface area contributed by atoms with Gasteiger partial charge in [0.15, 0.2) is 6.29 Å². The molecular formula is C15H21BrO2. The Bertz CT molecular complexity index is 327. The summed E-state index contributed by atoms with van der Waals surface area (Å²) in [5, 5.41) is 0.661. The Balaban J connectivity index is 2.52. The van der Waals surface area contributed by atoms with Gasteiger partial charge in [-0.2, -0.15) is 0 Å². The average molecular weight is 313 g/mol. The van der Waals surface area contributed by atoms with E-state index in [4.69, 9.17) is 9.47 Å². The maximum atomic E-state index is 5.89. The zero-order valence-electron chi connectivity index (χ0n) is 10.8. The molecule has 0 heterocycles. The van der Waals surface area contributed by atoms with Crippen LogP contribution in [0.3, 0.4) is 0 Å². The highest BCUT2D eigenvalue weighted by molar-refractivity contribution is 9.09. The lowest BCUT2D eigenvalue weighted by Crippen LogP contribution is -2.21. The van der Waals surface area contributed by atoms with Gasteiger partial charge in [0, 0.05) is 6.61 Å². The van der Waals surface area contributed by atoms with Gasteiger partial charge in [0.2, 0.25) is 0 Å². The second-order valence-electron chi connectivity index (χ2n) is 4.01. The van der Waals surface area contributed by atoms with Crippen LogP contribution in [0.2, 0.25) is 0 Å². The number of rotatable bonds is 9. The minimum atomic E-state index is -0.236. The molecule has 0 aliphatic carbocycles. The minimum Gasteiger partial charge on any atom is -0.352 e. The monoisotopic (exact) mass is 312 g/mol. The summed E-state index contributed by atoms with van der Waals surface area (Å²) in [4.78, 5) is 0. The Kier molecular flexibility index (Phi) is 7.98. The zero-order chi connectivity index (χ0) is 13.2. The van der Waals surface area contributed by atoms with Gasteiger partial charge in [-0.25, -0.2) is 0 Å². The largest absolute Gasteiger partial charge is 0.352 e. The fourth-order valence-corrected chi connectivity index (χ4v) is 1.90. The van der Waals surface area contributed by atoms with Crippen LogP contribution in [0.15, 0.2) is 43.0 Å². The molecule has 0 fully saturated rings. The molecule has 18 heavy (non-hydrogen) atoms. The normalized spacial score (nSPS) is 14.1. The summed E-state index contributed by atoms with van der Waals surface area (Å²) < 4.78 is 11.6. The lowest BCUT2D eigenvalue weighted by molar-refractivity contribution is -0.147. The molecule has 0 aliphatic rings. The summed E-state index contributed by atoms with van der Waals surface area (Å²) in [7, 11) is 0. The first-order chi connectivity index (χ1) is 8.81. The molecule has 2 atom stereocenters. The zero-order valence-corrected chi connectivity index (χ0v) is 12.4. The molecule has 0 aromatic heterocycles. The van der Waals surface area contributed by atoms with Crippen molar-refractivity contribution in [1.29, 1.82) is 0 Å². The highest BCUT2D eigenvalue weighted by atomic mass is 79.9. The van der Waals surface area contributed by atoms with E-state index in [-0.39, 0.29) is 12.4 Å². The number of hydrogen-bond donors (Lipinski definition) is 0. The predicted molar refractivity (Wildman–Crippen MR) is 78.9 cm³/mol. The van der Waals surface area contributed by atoms with Crippen LogP contribution in [-0.4, -0.2) is 18.2 Å². The molecule has 1 rings (SSSR count). The standard InChI is InChI=1S/C15H21BrO2/c1-3-5-11-17-15(12-16)18-14(4-2)13-9-7-6-8-10-13/h4,6-10,14-15H,2-3,5,11-12H2,1H3. The third-order valence-electron chi connectivity index (χ3n) is 2.57. The van der Waals surface area contributed by atoms with Crippen molar-refractivity contribution in [3.8, 4) is 0 Å². The summed E-state index contributed by atoms with van der Waals surface area (Å²) in [6.45, 7) is 6.70. The summed E-state index contributed by atoms with van der Waals surface area (Å²) in [5.74, 6) is 0. The molecule has 0 bridgehead atoms. The number of hydrogen-bond acceptors (Lipinski definition) is 2. The van der Waals surface area contributed by atoms with E-state index < -0.39 is 0 Å². The Morgan fingerprint density at radius 3 is 2.61 bits per heavy atom. The number of benzene rings is 1. The molecule has 1 aromatic carbocycles. The van der Waals surface area contributed by atoms with Gasteiger partial charge in [0.1, 0.15) is 6.10 Å².